The Labute approximate surface area is 172 Å². The SMILES string of the molecule is C1=C(c2ccccc2)N2c3ccccc3OC23CCCCC3C1c1ccccc1. The maximum absolute atomic E-state index is 6.89. The Kier molecular flexibility index (Phi) is 3.80. The summed E-state index contributed by atoms with van der Waals surface area (Å²) in [5.74, 6) is 1.82. The van der Waals surface area contributed by atoms with Crippen molar-refractivity contribution >= 4 is 11.4 Å². The second-order valence-corrected chi connectivity index (χ2v) is 8.46. The first-order valence-electron chi connectivity index (χ1n) is 10.8. The molecule has 1 spiro atoms. The third-order valence-electron chi connectivity index (χ3n) is 6.92. The molecule has 3 aliphatic rings. The molecule has 0 saturated heterocycles. The number of rotatable bonds is 2. The molecular weight excluding hydrogens is 354 g/mol. The summed E-state index contributed by atoms with van der Waals surface area (Å²) in [6, 6.07) is 30.4. The number of anilines is 1. The van der Waals surface area contributed by atoms with E-state index in [4.69, 9.17) is 4.74 Å². The van der Waals surface area contributed by atoms with Crippen LogP contribution < -0.4 is 9.64 Å². The van der Waals surface area contributed by atoms with Gasteiger partial charge in [-0.25, -0.2) is 0 Å². The molecule has 2 nitrogen and oxygen atoms in total. The number of nitrogens with zero attached hydrogens (tertiary/aromatic N) is 1. The Morgan fingerprint density at radius 3 is 2.34 bits per heavy atom. The molecule has 2 heteroatoms. The lowest BCUT2D eigenvalue weighted by molar-refractivity contribution is -0.0119. The zero-order chi connectivity index (χ0) is 19.3. The zero-order valence-corrected chi connectivity index (χ0v) is 16.5. The van der Waals surface area contributed by atoms with Gasteiger partial charge in [0.05, 0.1) is 5.69 Å². The number of fused-ring (bicyclic) bond motifs is 2. The van der Waals surface area contributed by atoms with Gasteiger partial charge in [-0.3, -0.25) is 4.90 Å². The summed E-state index contributed by atoms with van der Waals surface area (Å²) >= 11 is 0. The number of hydrogen-bond donors (Lipinski definition) is 0. The Hall–Kier alpha value is -3.00. The van der Waals surface area contributed by atoms with E-state index in [0.29, 0.717) is 11.8 Å². The van der Waals surface area contributed by atoms with Crippen LogP contribution in [0.5, 0.6) is 5.75 Å². The average molecular weight is 380 g/mol. The molecule has 2 heterocycles. The molecule has 0 radical (unpaired) electrons. The molecule has 29 heavy (non-hydrogen) atoms. The minimum Gasteiger partial charge on any atom is -0.465 e. The van der Waals surface area contributed by atoms with Crippen LogP contribution in [0.4, 0.5) is 5.69 Å². The molecule has 0 aromatic heterocycles. The molecule has 0 N–H and O–H groups in total. The molecule has 2 aliphatic heterocycles. The van der Waals surface area contributed by atoms with E-state index in [0.717, 1.165) is 12.2 Å². The highest BCUT2D eigenvalue weighted by molar-refractivity contribution is 5.87. The van der Waals surface area contributed by atoms with Crippen molar-refractivity contribution in [1.29, 1.82) is 0 Å². The lowest BCUT2D eigenvalue weighted by Crippen LogP contribution is -2.59. The maximum atomic E-state index is 6.89. The predicted octanol–water partition coefficient (Wildman–Crippen LogP) is 6.61. The van der Waals surface area contributed by atoms with Crippen LogP contribution in [0.2, 0.25) is 0 Å². The number of benzene rings is 3. The fourth-order valence-corrected chi connectivity index (χ4v) is 5.72. The smallest absolute Gasteiger partial charge is 0.191 e. The van der Waals surface area contributed by atoms with E-state index < -0.39 is 0 Å². The van der Waals surface area contributed by atoms with E-state index in [1.165, 1.54) is 41.8 Å². The highest BCUT2D eigenvalue weighted by Gasteiger charge is 2.58. The molecule has 3 atom stereocenters. The standard InChI is InChI=1S/C27H25NO/c1-3-11-20(12-4-1)22-19-25(21-13-5-2-6-14-21)28-24-16-7-8-17-26(24)29-27(28)18-10-9-15-23(22)27/h1-8,11-14,16-17,19,22-23H,9-10,15,18H2. The van der Waals surface area contributed by atoms with Crippen LogP contribution >= 0.6 is 0 Å². The van der Waals surface area contributed by atoms with Gasteiger partial charge in [-0.2, -0.15) is 0 Å². The first kappa shape index (κ1) is 16.9. The number of para-hydroxylation sites is 2. The fraction of sp³-hybridized carbons (Fsp3) is 0.259. The summed E-state index contributed by atoms with van der Waals surface area (Å²) in [7, 11) is 0. The van der Waals surface area contributed by atoms with Gasteiger partial charge >= 0.3 is 0 Å². The van der Waals surface area contributed by atoms with E-state index in [1.807, 2.05) is 0 Å². The molecule has 0 bridgehead atoms. The van der Waals surface area contributed by atoms with Crippen LogP contribution in [0.3, 0.4) is 0 Å². The van der Waals surface area contributed by atoms with Gasteiger partial charge < -0.3 is 4.74 Å². The van der Waals surface area contributed by atoms with Gasteiger partial charge in [-0.1, -0.05) is 85.3 Å². The molecule has 3 aromatic rings. The topological polar surface area (TPSA) is 12.5 Å². The molecular formula is C27H25NO. The maximum Gasteiger partial charge on any atom is 0.191 e. The number of hydrogen-bond acceptors (Lipinski definition) is 2. The fourth-order valence-electron chi connectivity index (χ4n) is 5.72. The zero-order valence-electron chi connectivity index (χ0n) is 16.5. The predicted molar refractivity (Wildman–Crippen MR) is 118 cm³/mol. The summed E-state index contributed by atoms with van der Waals surface area (Å²) in [4.78, 5) is 2.53. The van der Waals surface area contributed by atoms with Gasteiger partial charge in [-0.15, -0.1) is 0 Å². The third-order valence-corrected chi connectivity index (χ3v) is 6.92. The normalized spacial score (nSPS) is 27.3. The van der Waals surface area contributed by atoms with Gasteiger partial charge in [0.15, 0.2) is 5.72 Å². The van der Waals surface area contributed by atoms with Gasteiger partial charge in [0, 0.05) is 24.0 Å². The molecule has 1 saturated carbocycles. The molecule has 1 aliphatic carbocycles. The Balaban J connectivity index is 1.61. The second-order valence-electron chi connectivity index (χ2n) is 8.46. The summed E-state index contributed by atoms with van der Waals surface area (Å²) in [5.41, 5.74) is 4.86. The highest BCUT2D eigenvalue weighted by Crippen LogP contribution is 2.59. The van der Waals surface area contributed by atoms with Crippen LogP contribution in [-0.2, 0) is 0 Å². The lowest BCUT2D eigenvalue weighted by Gasteiger charge is -2.52. The third kappa shape index (κ3) is 2.48. The summed E-state index contributed by atoms with van der Waals surface area (Å²) in [5, 5.41) is 0. The average Bonchev–Trinajstić information content (AvgIpc) is 3.13. The summed E-state index contributed by atoms with van der Waals surface area (Å²) in [6.07, 6.45) is 7.26. The van der Waals surface area contributed by atoms with E-state index in [1.54, 1.807) is 0 Å². The number of allylic oxidation sites excluding steroid dienone is 1. The van der Waals surface area contributed by atoms with Crippen LogP contribution in [0.25, 0.3) is 5.70 Å². The van der Waals surface area contributed by atoms with E-state index in [-0.39, 0.29) is 5.72 Å². The first-order valence-corrected chi connectivity index (χ1v) is 10.8. The van der Waals surface area contributed by atoms with Crippen molar-refractivity contribution in [1.82, 2.24) is 0 Å². The quantitative estimate of drug-likeness (QED) is 0.497. The van der Waals surface area contributed by atoms with Gasteiger partial charge in [0.25, 0.3) is 0 Å². The Morgan fingerprint density at radius 2 is 1.52 bits per heavy atom. The van der Waals surface area contributed by atoms with Gasteiger partial charge in [-0.05, 0) is 36.1 Å². The Bertz CT molecular complexity index is 1060. The van der Waals surface area contributed by atoms with E-state index >= 15 is 0 Å². The minimum absolute atomic E-state index is 0.289. The van der Waals surface area contributed by atoms with Crippen LogP contribution in [-0.4, -0.2) is 5.72 Å². The van der Waals surface area contributed by atoms with Crippen LogP contribution in [0.1, 0.15) is 42.7 Å². The van der Waals surface area contributed by atoms with Crippen molar-refractivity contribution < 1.29 is 4.74 Å². The van der Waals surface area contributed by atoms with Crippen molar-refractivity contribution in [2.24, 2.45) is 5.92 Å². The van der Waals surface area contributed by atoms with Crippen LogP contribution in [0.15, 0.2) is 91.0 Å². The molecule has 3 unspecified atom stereocenters. The monoisotopic (exact) mass is 379 g/mol. The van der Waals surface area contributed by atoms with Gasteiger partial charge in [0.2, 0.25) is 0 Å². The Morgan fingerprint density at radius 1 is 0.793 bits per heavy atom. The molecule has 6 rings (SSSR count). The second kappa shape index (κ2) is 6.52. The minimum atomic E-state index is -0.289. The first-order chi connectivity index (χ1) is 14.4. The van der Waals surface area contributed by atoms with E-state index in [2.05, 4.69) is 95.9 Å². The van der Waals surface area contributed by atoms with Crippen molar-refractivity contribution in [2.45, 2.75) is 37.3 Å². The van der Waals surface area contributed by atoms with Crippen molar-refractivity contribution in [3.8, 4) is 5.75 Å². The summed E-state index contributed by atoms with van der Waals surface area (Å²) in [6.45, 7) is 0. The molecule has 144 valence electrons. The summed E-state index contributed by atoms with van der Waals surface area (Å²) < 4.78 is 6.89. The lowest BCUT2D eigenvalue weighted by atomic mass is 9.68. The molecule has 3 aromatic carbocycles. The highest BCUT2D eigenvalue weighted by atomic mass is 16.5. The largest absolute Gasteiger partial charge is 0.465 e. The molecule has 1 fully saturated rings. The van der Waals surface area contributed by atoms with Gasteiger partial charge in [0.1, 0.15) is 5.75 Å². The van der Waals surface area contributed by atoms with Crippen molar-refractivity contribution in [3.05, 3.63) is 102 Å². The molecule has 0 amide bonds. The van der Waals surface area contributed by atoms with Crippen molar-refractivity contribution in [3.63, 3.8) is 0 Å². The van der Waals surface area contributed by atoms with Crippen molar-refractivity contribution in [2.75, 3.05) is 4.90 Å². The van der Waals surface area contributed by atoms with E-state index in [9.17, 15) is 0 Å². The number of ether oxygens (including phenoxy) is 1. The van der Waals surface area contributed by atoms with Crippen LogP contribution in [0, 0.1) is 5.92 Å².